The van der Waals surface area contributed by atoms with Crippen LogP contribution in [0.25, 0.3) is 6.08 Å². The average Bonchev–Trinajstić information content (AvgIpc) is 2.34. The van der Waals surface area contributed by atoms with Crippen molar-refractivity contribution in [3.8, 4) is 0 Å². The summed E-state index contributed by atoms with van der Waals surface area (Å²) in [6.45, 7) is 0. The van der Waals surface area contributed by atoms with Crippen LogP contribution in [0, 0.1) is 11.6 Å². The number of nitrogens with one attached hydrogen (secondary N) is 1. The lowest BCUT2D eigenvalue weighted by Gasteiger charge is -2.15. The normalized spacial score (nSPS) is 18.8. The van der Waals surface area contributed by atoms with E-state index in [1.165, 1.54) is 12.1 Å². The van der Waals surface area contributed by atoms with Crippen LogP contribution in [0.3, 0.4) is 0 Å². The molecule has 0 radical (unpaired) electrons. The molecule has 1 heterocycles. The van der Waals surface area contributed by atoms with Crippen molar-refractivity contribution >= 4 is 11.8 Å². The lowest BCUT2D eigenvalue weighted by atomic mass is 10.1. The molecule has 5 N–H and O–H groups in total. The molecular weight excluding hydrogens is 236 g/mol. The maximum atomic E-state index is 13.6. The van der Waals surface area contributed by atoms with Crippen molar-refractivity contribution < 1.29 is 8.78 Å². The summed E-state index contributed by atoms with van der Waals surface area (Å²) in [5, 5.41) is 2.93. The molecule has 1 aliphatic heterocycles. The van der Waals surface area contributed by atoms with Crippen molar-refractivity contribution in [3.63, 3.8) is 0 Å². The van der Waals surface area contributed by atoms with Crippen LogP contribution in [0.4, 0.5) is 14.5 Å². The summed E-state index contributed by atoms with van der Waals surface area (Å²) in [5.41, 5.74) is 10.7. The third-order valence-electron chi connectivity index (χ3n) is 2.55. The number of dihydropyridines is 1. The maximum Gasteiger partial charge on any atom is 0.156 e. The van der Waals surface area contributed by atoms with E-state index in [1.807, 2.05) is 6.08 Å². The van der Waals surface area contributed by atoms with Crippen LogP contribution in [-0.4, -0.2) is 6.04 Å². The molecule has 2 rings (SSSR count). The number of halogens is 2. The summed E-state index contributed by atoms with van der Waals surface area (Å²) < 4.78 is 27.0. The van der Waals surface area contributed by atoms with Crippen molar-refractivity contribution in [2.24, 2.45) is 5.73 Å². The van der Waals surface area contributed by atoms with Crippen molar-refractivity contribution in [2.75, 3.05) is 5.73 Å². The van der Waals surface area contributed by atoms with Gasteiger partial charge in [-0.25, -0.2) is 8.78 Å². The van der Waals surface area contributed by atoms with Crippen LogP contribution >= 0.6 is 0 Å². The molecule has 0 saturated carbocycles. The molecule has 1 atom stereocenters. The topological polar surface area (TPSA) is 64.1 Å². The fourth-order valence-corrected chi connectivity index (χ4v) is 1.62. The summed E-state index contributed by atoms with van der Waals surface area (Å²) in [5.74, 6) is -0.906. The molecular formula is C13H13F2N3. The third kappa shape index (κ3) is 2.51. The van der Waals surface area contributed by atoms with E-state index in [0.29, 0.717) is 5.82 Å². The number of hydrogen-bond donors (Lipinski definition) is 3. The number of anilines is 1. The van der Waals surface area contributed by atoms with E-state index in [1.54, 1.807) is 18.2 Å². The van der Waals surface area contributed by atoms with E-state index in [4.69, 9.17) is 11.5 Å². The van der Waals surface area contributed by atoms with Gasteiger partial charge in [-0.2, -0.15) is 0 Å². The standard InChI is InChI=1S/C13H13F2N3/c14-10-6-7-11(16)13(15)9(10)5-4-8-2-1-3-12(17)18-8/h1-8,18H,16-17H2. The van der Waals surface area contributed by atoms with Crippen LogP contribution in [0.1, 0.15) is 5.56 Å². The van der Waals surface area contributed by atoms with Gasteiger partial charge in [-0.1, -0.05) is 24.3 Å². The Balaban J connectivity index is 2.22. The number of hydrogen-bond acceptors (Lipinski definition) is 3. The highest BCUT2D eigenvalue weighted by Gasteiger charge is 2.10. The number of benzene rings is 1. The van der Waals surface area contributed by atoms with Gasteiger partial charge < -0.3 is 16.8 Å². The Kier molecular flexibility index (Phi) is 3.32. The van der Waals surface area contributed by atoms with Gasteiger partial charge in [0.25, 0.3) is 0 Å². The van der Waals surface area contributed by atoms with Crippen LogP contribution in [-0.2, 0) is 0 Å². The fraction of sp³-hybridized carbons (Fsp3) is 0.0769. The molecule has 5 heteroatoms. The predicted molar refractivity (Wildman–Crippen MR) is 68.1 cm³/mol. The zero-order valence-corrected chi connectivity index (χ0v) is 9.53. The Labute approximate surface area is 103 Å². The quantitative estimate of drug-likeness (QED) is 0.701. The molecule has 0 bridgehead atoms. The smallest absolute Gasteiger partial charge is 0.156 e. The zero-order valence-electron chi connectivity index (χ0n) is 9.53. The van der Waals surface area contributed by atoms with Gasteiger partial charge >= 0.3 is 0 Å². The summed E-state index contributed by atoms with van der Waals surface area (Å²) in [7, 11) is 0. The van der Waals surface area contributed by atoms with Crippen LogP contribution < -0.4 is 16.8 Å². The van der Waals surface area contributed by atoms with Gasteiger partial charge in [-0.3, -0.25) is 0 Å². The number of rotatable bonds is 2. The molecule has 94 valence electrons. The van der Waals surface area contributed by atoms with E-state index in [2.05, 4.69) is 5.32 Å². The summed E-state index contributed by atoms with van der Waals surface area (Å²) >= 11 is 0. The van der Waals surface area contributed by atoms with Crippen molar-refractivity contribution in [1.29, 1.82) is 0 Å². The largest absolute Gasteiger partial charge is 0.396 e. The van der Waals surface area contributed by atoms with Crippen molar-refractivity contribution in [3.05, 3.63) is 59.5 Å². The monoisotopic (exact) mass is 249 g/mol. The minimum absolute atomic E-state index is 0.0809. The Hall–Kier alpha value is -2.30. The SMILES string of the molecule is NC1=CC=CC(C=Cc2c(F)ccc(N)c2F)N1. The first kappa shape index (κ1) is 12.2. The summed E-state index contributed by atoms with van der Waals surface area (Å²) in [6, 6.07) is 2.13. The van der Waals surface area contributed by atoms with Gasteiger partial charge in [0.1, 0.15) is 5.82 Å². The molecule has 1 aromatic rings. The molecule has 1 aliphatic rings. The minimum atomic E-state index is -0.755. The molecule has 0 saturated heterocycles. The highest BCUT2D eigenvalue weighted by atomic mass is 19.1. The molecule has 0 fully saturated rings. The number of nitrogens with two attached hydrogens (primary N) is 2. The Bertz CT molecular complexity index is 547. The molecule has 0 spiro atoms. The lowest BCUT2D eigenvalue weighted by Crippen LogP contribution is -2.30. The first-order valence-electron chi connectivity index (χ1n) is 5.40. The first-order valence-corrected chi connectivity index (χ1v) is 5.40. The second-order valence-electron chi connectivity index (χ2n) is 3.90. The van der Waals surface area contributed by atoms with Gasteiger partial charge in [0.2, 0.25) is 0 Å². The van der Waals surface area contributed by atoms with E-state index >= 15 is 0 Å². The summed E-state index contributed by atoms with van der Waals surface area (Å²) in [6.07, 6.45) is 8.24. The predicted octanol–water partition coefficient (Wildman–Crippen LogP) is 1.89. The average molecular weight is 249 g/mol. The van der Waals surface area contributed by atoms with Gasteiger partial charge in [0.05, 0.1) is 17.6 Å². The lowest BCUT2D eigenvalue weighted by molar-refractivity contribution is 0.581. The molecule has 1 unspecified atom stereocenters. The Morgan fingerprint density at radius 1 is 1.22 bits per heavy atom. The van der Waals surface area contributed by atoms with Gasteiger partial charge in [-0.05, 0) is 18.2 Å². The number of nitrogen functional groups attached to an aromatic ring is 1. The molecule has 3 nitrogen and oxygen atoms in total. The van der Waals surface area contributed by atoms with E-state index in [0.717, 1.165) is 6.07 Å². The zero-order chi connectivity index (χ0) is 13.1. The fourth-order valence-electron chi connectivity index (χ4n) is 1.62. The second-order valence-corrected chi connectivity index (χ2v) is 3.90. The van der Waals surface area contributed by atoms with E-state index in [-0.39, 0.29) is 17.3 Å². The van der Waals surface area contributed by atoms with Crippen LogP contribution in [0.15, 0.2) is 42.3 Å². The van der Waals surface area contributed by atoms with Crippen molar-refractivity contribution in [1.82, 2.24) is 5.32 Å². The summed E-state index contributed by atoms with van der Waals surface area (Å²) in [4.78, 5) is 0. The molecule has 0 aromatic heterocycles. The molecule has 18 heavy (non-hydrogen) atoms. The number of allylic oxidation sites excluding steroid dienone is 2. The molecule has 1 aromatic carbocycles. The van der Waals surface area contributed by atoms with E-state index in [9.17, 15) is 8.78 Å². The first-order chi connectivity index (χ1) is 8.58. The molecule has 0 amide bonds. The maximum absolute atomic E-state index is 13.6. The van der Waals surface area contributed by atoms with Crippen LogP contribution in [0.2, 0.25) is 0 Å². The Morgan fingerprint density at radius 3 is 2.72 bits per heavy atom. The third-order valence-corrected chi connectivity index (χ3v) is 2.55. The highest BCUT2D eigenvalue weighted by molar-refractivity contribution is 5.58. The van der Waals surface area contributed by atoms with Gasteiger partial charge in [0, 0.05) is 5.56 Å². The second kappa shape index (κ2) is 4.91. The van der Waals surface area contributed by atoms with Crippen molar-refractivity contribution in [2.45, 2.75) is 6.04 Å². The van der Waals surface area contributed by atoms with Crippen LogP contribution in [0.5, 0.6) is 0 Å². The minimum Gasteiger partial charge on any atom is -0.396 e. The molecule has 0 aliphatic carbocycles. The highest BCUT2D eigenvalue weighted by Crippen LogP contribution is 2.20. The van der Waals surface area contributed by atoms with E-state index < -0.39 is 11.6 Å². The van der Waals surface area contributed by atoms with Gasteiger partial charge in [-0.15, -0.1) is 0 Å². The van der Waals surface area contributed by atoms with Gasteiger partial charge in [0.15, 0.2) is 5.82 Å². The Morgan fingerprint density at radius 2 is 2.00 bits per heavy atom.